The molecule has 3 heteroatoms. The second-order valence-corrected chi connectivity index (χ2v) is 4.28. The fourth-order valence-electron chi connectivity index (χ4n) is 1.71. The fourth-order valence-corrected chi connectivity index (χ4v) is 1.71. The average molecular weight is 274 g/mol. The second-order valence-electron chi connectivity index (χ2n) is 4.28. The number of nitrogens with one attached hydrogen (secondary N) is 1. The number of allylic oxidation sites excluding steroid dienone is 3. The van der Waals surface area contributed by atoms with Crippen molar-refractivity contribution in [3.05, 3.63) is 89.6 Å². The van der Waals surface area contributed by atoms with Crippen molar-refractivity contribution in [1.29, 1.82) is 5.26 Å². The normalized spacial score (nSPS) is 11.1. The van der Waals surface area contributed by atoms with Crippen LogP contribution in [0.4, 0.5) is 0 Å². The summed E-state index contributed by atoms with van der Waals surface area (Å²) in [5.74, 6) is -0.295. The molecule has 0 aliphatic rings. The van der Waals surface area contributed by atoms with Crippen LogP contribution >= 0.6 is 0 Å². The molecule has 0 unspecified atom stereocenters. The first-order valence-corrected chi connectivity index (χ1v) is 6.49. The topological polar surface area (TPSA) is 52.9 Å². The van der Waals surface area contributed by atoms with E-state index in [9.17, 15) is 4.79 Å². The largest absolute Gasteiger partial charge is 0.313 e. The minimum atomic E-state index is -0.295. The van der Waals surface area contributed by atoms with Crippen molar-refractivity contribution in [3.8, 4) is 6.07 Å². The van der Waals surface area contributed by atoms with Gasteiger partial charge in [-0.2, -0.15) is 5.26 Å². The van der Waals surface area contributed by atoms with Crippen molar-refractivity contribution < 1.29 is 4.79 Å². The highest BCUT2D eigenvalue weighted by Gasteiger charge is 2.05. The molecule has 0 bridgehead atoms. The number of amides is 1. The lowest BCUT2D eigenvalue weighted by Crippen LogP contribution is -2.21. The van der Waals surface area contributed by atoms with Crippen molar-refractivity contribution >= 4 is 12.0 Å². The first-order chi connectivity index (χ1) is 10.3. The summed E-state index contributed by atoms with van der Waals surface area (Å²) in [7, 11) is 0. The van der Waals surface area contributed by atoms with Gasteiger partial charge in [0.2, 0.25) is 0 Å². The maximum atomic E-state index is 11.9. The number of nitriles is 1. The fraction of sp³-hybridized carbons (Fsp3) is 0. The zero-order chi connectivity index (χ0) is 14.9. The van der Waals surface area contributed by atoms with Gasteiger partial charge in [-0.1, -0.05) is 60.7 Å². The highest BCUT2D eigenvalue weighted by Crippen LogP contribution is 2.03. The molecular formula is C18H14N2O. The molecule has 2 aromatic rings. The van der Waals surface area contributed by atoms with E-state index < -0.39 is 0 Å². The predicted molar refractivity (Wildman–Crippen MR) is 83.1 cm³/mol. The standard InChI is InChI=1S/C18H14N2O/c19-14-17(13-7-10-15-8-3-1-4-9-15)20-18(21)16-11-5-2-6-12-16/h1-13H,(H,20,21). The molecule has 0 radical (unpaired) electrons. The summed E-state index contributed by atoms with van der Waals surface area (Å²) in [5, 5.41) is 11.6. The molecule has 21 heavy (non-hydrogen) atoms. The minimum Gasteiger partial charge on any atom is -0.313 e. The number of nitrogens with zero attached hydrogens (tertiary/aromatic N) is 1. The van der Waals surface area contributed by atoms with Crippen molar-refractivity contribution in [1.82, 2.24) is 5.32 Å². The Kier molecular flexibility index (Phi) is 5.08. The van der Waals surface area contributed by atoms with Gasteiger partial charge in [0.25, 0.3) is 5.91 Å². The lowest BCUT2D eigenvalue weighted by atomic mass is 10.2. The van der Waals surface area contributed by atoms with E-state index in [1.54, 1.807) is 36.4 Å². The molecule has 102 valence electrons. The molecule has 0 aliphatic heterocycles. The van der Waals surface area contributed by atoms with E-state index in [4.69, 9.17) is 5.26 Å². The number of rotatable bonds is 4. The third-order valence-corrected chi connectivity index (χ3v) is 2.76. The Morgan fingerprint density at radius 2 is 1.62 bits per heavy atom. The minimum absolute atomic E-state index is 0.205. The van der Waals surface area contributed by atoms with Crippen molar-refractivity contribution in [2.45, 2.75) is 0 Å². The molecule has 0 saturated carbocycles. The molecule has 0 heterocycles. The van der Waals surface area contributed by atoms with E-state index in [-0.39, 0.29) is 11.6 Å². The van der Waals surface area contributed by atoms with Gasteiger partial charge in [-0.3, -0.25) is 4.79 Å². The number of carbonyl (C=O) groups is 1. The summed E-state index contributed by atoms with van der Waals surface area (Å²) in [5.41, 5.74) is 1.75. The Morgan fingerprint density at radius 3 is 2.24 bits per heavy atom. The van der Waals surface area contributed by atoms with Gasteiger partial charge in [-0.25, -0.2) is 0 Å². The quantitative estimate of drug-likeness (QED) is 0.685. The molecule has 1 amide bonds. The summed E-state index contributed by atoms with van der Waals surface area (Å²) in [6.45, 7) is 0. The molecule has 0 saturated heterocycles. The van der Waals surface area contributed by atoms with Crippen molar-refractivity contribution in [2.75, 3.05) is 0 Å². The van der Waals surface area contributed by atoms with E-state index in [2.05, 4.69) is 5.32 Å². The monoisotopic (exact) mass is 274 g/mol. The van der Waals surface area contributed by atoms with Crippen LogP contribution in [0, 0.1) is 11.3 Å². The average Bonchev–Trinajstić information content (AvgIpc) is 2.55. The van der Waals surface area contributed by atoms with Gasteiger partial charge in [-0.15, -0.1) is 0 Å². The van der Waals surface area contributed by atoms with Crippen LogP contribution in [0.3, 0.4) is 0 Å². The van der Waals surface area contributed by atoms with E-state index in [0.717, 1.165) is 5.56 Å². The molecule has 3 nitrogen and oxygen atoms in total. The van der Waals surface area contributed by atoms with Crippen LogP contribution in [0.5, 0.6) is 0 Å². The third-order valence-electron chi connectivity index (χ3n) is 2.76. The summed E-state index contributed by atoms with van der Waals surface area (Å²) in [4.78, 5) is 11.9. The Bertz CT molecular complexity index is 695. The van der Waals surface area contributed by atoms with Crippen LogP contribution in [0.2, 0.25) is 0 Å². The molecule has 0 spiro atoms. The summed E-state index contributed by atoms with van der Waals surface area (Å²) >= 11 is 0. The molecule has 0 atom stereocenters. The summed E-state index contributed by atoms with van der Waals surface area (Å²) in [6, 6.07) is 20.5. The highest BCUT2D eigenvalue weighted by atomic mass is 16.1. The maximum Gasteiger partial charge on any atom is 0.256 e. The second kappa shape index (κ2) is 7.46. The number of benzene rings is 2. The molecule has 0 fully saturated rings. The Balaban J connectivity index is 2.03. The third kappa shape index (κ3) is 4.48. The van der Waals surface area contributed by atoms with Crippen LogP contribution in [-0.4, -0.2) is 5.91 Å². The van der Waals surface area contributed by atoms with Gasteiger partial charge in [0.15, 0.2) is 0 Å². The molecular weight excluding hydrogens is 260 g/mol. The summed E-state index contributed by atoms with van der Waals surface area (Å²) in [6.07, 6.45) is 5.18. The van der Waals surface area contributed by atoms with E-state index >= 15 is 0 Å². The van der Waals surface area contributed by atoms with Gasteiger partial charge >= 0.3 is 0 Å². The van der Waals surface area contributed by atoms with E-state index in [0.29, 0.717) is 5.56 Å². The van der Waals surface area contributed by atoms with E-state index in [1.165, 1.54) is 0 Å². The van der Waals surface area contributed by atoms with Crippen LogP contribution < -0.4 is 5.32 Å². The van der Waals surface area contributed by atoms with Crippen molar-refractivity contribution in [3.63, 3.8) is 0 Å². The van der Waals surface area contributed by atoms with Crippen LogP contribution in [0.15, 0.2) is 78.5 Å². The molecule has 2 aromatic carbocycles. The Morgan fingerprint density at radius 1 is 1.00 bits per heavy atom. The molecule has 0 aromatic heterocycles. The SMILES string of the molecule is N#CC(=CC=Cc1ccccc1)NC(=O)c1ccccc1. The van der Waals surface area contributed by atoms with Crippen LogP contribution in [-0.2, 0) is 0 Å². The van der Waals surface area contributed by atoms with Gasteiger partial charge in [0.1, 0.15) is 11.8 Å². The number of hydrogen-bond donors (Lipinski definition) is 1. The Hall–Kier alpha value is -3.12. The molecule has 1 N–H and O–H groups in total. The Labute approximate surface area is 123 Å². The first-order valence-electron chi connectivity index (χ1n) is 6.49. The molecule has 2 rings (SSSR count). The lowest BCUT2D eigenvalue weighted by Gasteiger charge is -2.02. The number of hydrogen-bond acceptors (Lipinski definition) is 2. The number of carbonyl (C=O) groups excluding carboxylic acids is 1. The summed E-state index contributed by atoms with van der Waals surface area (Å²) < 4.78 is 0. The first kappa shape index (κ1) is 14.3. The van der Waals surface area contributed by atoms with Crippen LogP contribution in [0.1, 0.15) is 15.9 Å². The van der Waals surface area contributed by atoms with Gasteiger partial charge in [0, 0.05) is 5.56 Å². The van der Waals surface area contributed by atoms with E-state index in [1.807, 2.05) is 48.5 Å². The zero-order valence-corrected chi connectivity index (χ0v) is 11.4. The van der Waals surface area contributed by atoms with Gasteiger partial charge < -0.3 is 5.32 Å². The molecule has 0 aliphatic carbocycles. The smallest absolute Gasteiger partial charge is 0.256 e. The highest BCUT2D eigenvalue weighted by molar-refractivity contribution is 5.95. The predicted octanol–water partition coefficient (Wildman–Crippen LogP) is 3.54. The van der Waals surface area contributed by atoms with Crippen molar-refractivity contribution in [2.24, 2.45) is 0 Å². The van der Waals surface area contributed by atoms with Crippen LogP contribution in [0.25, 0.3) is 6.08 Å². The van der Waals surface area contributed by atoms with Gasteiger partial charge in [-0.05, 0) is 23.8 Å². The van der Waals surface area contributed by atoms with Gasteiger partial charge in [0.05, 0.1) is 0 Å². The lowest BCUT2D eigenvalue weighted by molar-refractivity contribution is 0.0967. The maximum absolute atomic E-state index is 11.9. The zero-order valence-electron chi connectivity index (χ0n) is 11.4.